The topological polar surface area (TPSA) is 73.5 Å². The highest BCUT2D eigenvalue weighted by Gasteiger charge is 2.40. The van der Waals surface area contributed by atoms with Crippen LogP contribution >= 0.6 is 11.8 Å². The van der Waals surface area contributed by atoms with E-state index in [9.17, 15) is 9.59 Å². The second-order valence-corrected chi connectivity index (χ2v) is 10.8. The molecule has 7 heteroatoms. The lowest BCUT2D eigenvalue weighted by molar-refractivity contribution is -0.131. The summed E-state index contributed by atoms with van der Waals surface area (Å²) in [5.74, 6) is 1.93. The number of carbonyl (C=O) groups excluding carboxylic acids is 2. The van der Waals surface area contributed by atoms with E-state index in [1.165, 1.54) is 38.2 Å². The van der Waals surface area contributed by atoms with Crippen molar-refractivity contribution in [1.29, 1.82) is 0 Å². The fourth-order valence-electron chi connectivity index (χ4n) is 5.31. The summed E-state index contributed by atoms with van der Waals surface area (Å²) in [6.45, 7) is 6.93. The van der Waals surface area contributed by atoms with Crippen LogP contribution in [0.15, 0.2) is 24.3 Å². The van der Waals surface area contributed by atoms with Crippen LogP contribution in [0.3, 0.4) is 0 Å². The molecule has 1 aromatic rings. The average Bonchev–Trinajstić information content (AvgIpc) is 2.74. The number of benzene rings is 1. The zero-order valence-electron chi connectivity index (χ0n) is 18.7. The van der Waals surface area contributed by atoms with Crippen LogP contribution in [-0.2, 0) is 16.1 Å². The van der Waals surface area contributed by atoms with Gasteiger partial charge in [0.05, 0.1) is 12.1 Å². The van der Waals surface area contributed by atoms with Gasteiger partial charge in [0.15, 0.2) is 0 Å². The van der Waals surface area contributed by atoms with Gasteiger partial charge in [-0.05, 0) is 62.4 Å². The molecule has 0 bridgehead atoms. The van der Waals surface area contributed by atoms with Gasteiger partial charge in [0, 0.05) is 36.2 Å². The minimum Gasteiger partial charge on any atom is -0.340 e. The van der Waals surface area contributed by atoms with Crippen molar-refractivity contribution in [3.05, 3.63) is 29.8 Å². The molecule has 4 atom stereocenters. The summed E-state index contributed by atoms with van der Waals surface area (Å²) in [6.07, 6.45) is 5.90. The van der Waals surface area contributed by atoms with E-state index in [0.29, 0.717) is 17.2 Å². The smallest absolute Gasteiger partial charge is 0.225 e. The molecule has 2 saturated heterocycles. The zero-order chi connectivity index (χ0) is 21.8. The standard InChI is InChI=1S/C24H36N4O2S/c1-16-5-3-8-21-23(16)26-22(27-24(21)30)15-31-20-9-11-28(12-10-20)14-18-6-4-7-19(13-18)25-17(2)29/h4,6-7,13,16,20-23,26H,3,5,8-12,14-15H2,1-2H3,(H,25,29)(H,27,30). The van der Waals surface area contributed by atoms with Crippen LogP contribution in [0.25, 0.3) is 0 Å². The maximum Gasteiger partial charge on any atom is 0.225 e. The Bertz CT molecular complexity index is 781. The maximum absolute atomic E-state index is 12.5. The molecule has 4 unspecified atom stereocenters. The van der Waals surface area contributed by atoms with Gasteiger partial charge in [-0.1, -0.05) is 25.5 Å². The molecule has 2 amide bonds. The zero-order valence-corrected chi connectivity index (χ0v) is 19.5. The molecule has 2 aliphatic heterocycles. The molecule has 1 aromatic carbocycles. The van der Waals surface area contributed by atoms with Gasteiger partial charge < -0.3 is 10.6 Å². The summed E-state index contributed by atoms with van der Waals surface area (Å²) < 4.78 is 0. The Morgan fingerprint density at radius 2 is 2.03 bits per heavy atom. The number of thioether (sulfide) groups is 1. The number of anilines is 1. The molecule has 1 saturated carbocycles. The van der Waals surface area contributed by atoms with Crippen molar-refractivity contribution < 1.29 is 9.59 Å². The number of hydrogen-bond donors (Lipinski definition) is 3. The van der Waals surface area contributed by atoms with Gasteiger partial charge in [0.25, 0.3) is 0 Å². The lowest BCUT2D eigenvalue weighted by atomic mass is 9.76. The second kappa shape index (κ2) is 10.4. The highest BCUT2D eigenvalue weighted by Crippen LogP contribution is 2.32. The van der Waals surface area contributed by atoms with Crippen LogP contribution in [-0.4, -0.2) is 53.0 Å². The first kappa shape index (κ1) is 22.6. The molecule has 0 spiro atoms. The minimum absolute atomic E-state index is 0.0351. The Kier molecular flexibility index (Phi) is 7.56. The van der Waals surface area contributed by atoms with E-state index in [1.54, 1.807) is 0 Å². The van der Waals surface area contributed by atoms with Gasteiger partial charge in [-0.2, -0.15) is 11.8 Å². The molecular formula is C24H36N4O2S. The molecular weight excluding hydrogens is 408 g/mol. The van der Waals surface area contributed by atoms with Crippen molar-refractivity contribution in [2.45, 2.75) is 70.0 Å². The molecule has 0 radical (unpaired) electrons. The van der Waals surface area contributed by atoms with Gasteiger partial charge in [0.1, 0.15) is 0 Å². The normalized spacial score (nSPS) is 29.8. The predicted molar refractivity (Wildman–Crippen MR) is 127 cm³/mol. The van der Waals surface area contributed by atoms with Crippen LogP contribution in [0.2, 0.25) is 0 Å². The summed E-state index contributed by atoms with van der Waals surface area (Å²) in [6, 6.07) is 8.49. The Labute approximate surface area is 190 Å². The molecule has 4 rings (SSSR count). The van der Waals surface area contributed by atoms with Gasteiger partial charge >= 0.3 is 0 Å². The second-order valence-electron chi connectivity index (χ2n) is 9.46. The number of fused-ring (bicyclic) bond motifs is 1. The van der Waals surface area contributed by atoms with E-state index < -0.39 is 0 Å². The van der Waals surface area contributed by atoms with Crippen molar-refractivity contribution in [3.63, 3.8) is 0 Å². The molecule has 1 aliphatic carbocycles. The number of rotatable bonds is 6. The third kappa shape index (κ3) is 6.02. The molecule has 2 heterocycles. The summed E-state index contributed by atoms with van der Waals surface area (Å²) in [7, 11) is 0. The first-order chi connectivity index (χ1) is 15.0. The van der Waals surface area contributed by atoms with Gasteiger partial charge in [-0.25, -0.2) is 0 Å². The van der Waals surface area contributed by atoms with Gasteiger partial charge in [-0.15, -0.1) is 0 Å². The van der Waals surface area contributed by atoms with E-state index in [4.69, 9.17) is 0 Å². The average molecular weight is 445 g/mol. The summed E-state index contributed by atoms with van der Waals surface area (Å²) >= 11 is 2.01. The van der Waals surface area contributed by atoms with Crippen molar-refractivity contribution in [1.82, 2.24) is 15.5 Å². The molecule has 0 aromatic heterocycles. The highest BCUT2D eigenvalue weighted by molar-refractivity contribution is 7.99. The van der Waals surface area contributed by atoms with Gasteiger partial charge in [-0.3, -0.25) is 19.8 Å². The number of piperidine rings is 1. The maximum atomic E-state index is 12.5. The number of amides is 2. The van der Waals surface area contributed by atoms with Gasteiger partial charge in [0.2, 0.25) is 11.8 Å². The highest BCUT2D eigenvalue weighted by atomic mass is 32.2. The van der Waals surface area contributed by atoms with Crippen molar-refractivity contribution in [3.8, 4) is 0 Å². The number of nitrogens with one attached hydrogen (secondary N) is 3. The third-order valence-corrected chi connectivity index (χ3v) is 8.42. The lowest BCUT2D eigenvalue weighted by Crippen LogP contribution is -2.65. The van der Waals surface area contributed by atoms with E-state index in [-0.39, 0.29) is 23.9 Å². The summed E-state index contributed by atoms with van der Waals surface area (Å²) in [5, 5.41) is 10.5. The van der Waals surface area contributed by atoms with E-state index in [1.807, 2.05) is 23.9 Å². The van der Waals surface area contributed by atoms with E-state index >= 15 is 0 Å². The molecule has 3 fully saturated rings. The number of hydrogen-bond acceptors (Lipinski definition) is 5. The summed E-state index contributed by atoms with van der Waals surface area (Å²) in [5.41, 5.74) is 2.11. The van der Waals surface area contributed by atoms with Crippen LogP contribution in [0.4, 0.5) is 5.69 Å². The Hall–Kier alpha value is -1.57. The Morgan fingerprint density at radius 1 is 1.23 bits per heavy atom. The first-order valence-corrected chi connectivity index (χ1v) is 12.8. The molecule has 31 heavy (non-hydrogen) atoms. The quantitative estimate of drug-likeness (QED) is 0.628. The monoisotopic (exact) mass is 444 g/mol. The van der Waals surface area contributed by atoms with Crippen LogP contribution in [0.1, 0.15) is 51.5 Å². The van der Waals surface area contributed by atoms with Crippen molar-refractivity contribution in [2.24, 2.45) is 11.8 Å². The lowest BCUT2D eigenvalue weighted by Gasteiger charge is -2.43. The Balaban J connectivity index is 1.20. The van der Waals surface area contributed by atoms with E-state index in [0.717, 1.165) is 37.5 Å². The largest absolute Gasteiger partial charge is 0.340 e. The molecule has 6 nitrogen and oxygen atoms in total. The van der Waals surface area contributed by atoms with Crippen LogP contribution in [0.5, 0.6) is 0 Å². The fraction of sp³-hybridized carbons (Fsp3) is 0.667. The predicted octanol–water partition coefficient (Wildman–Crippen LogP) is 3.19. The summed E-state index contributed by atoms with van der Waals surface area (Å²) in [4.78, 5) is 26.3. The minimum atomic E-state index is -0.0351. The SMILES string of the molecule is CC(=O)Nc1cccc(CN2CCC(SCC3NC(=O)C4CCCC(C)C4N3)CC2)c1. The van der Waals surface area contributed by atoms with E-state index in [2.05, 4.69) is 39.9 Å². The number of likely N-dealkylation sites (tertiary alicyclic amines) is 1. The van der Waals surface area contributed by atoms with Crippen LogP contribution in [0, 0.1) is 11.8 Å². The first-order valence-electron chi connectivity index (χ1n) is 11.7. The number of carbonyl (C=O) groups is 2. The number of nitrogens with zero attached hydrogens (tertiary/aromatic N) is 1. The van der Waals surface area contributed by atoms with Crippen LogP contribution < -0.4 is 16.0 Å². The van der Waals surface area contributed by atoms with Crippen molar-refractivity contribution >= 4 is 29.3 Å². The molecule has 3 N–H and O–H groups in total. The fourth-order valence-corrected chi connectivity index (χ4v) is 6.50. The molecule has 3 aliphatic rings. The Morgan fingerprint density at radius 3 is 2.81 bits per heavy atom. The molecule has 170 valence electrons. The third-order valence-electron chi connectivity index (χ3n) is 6.95. The van der Waals surface area contributed by atoms with Crippen molar-refractivity contribution in [2.75, 3.05) is 24.2 Å².